The van der Waals surface area contributed by atoms with E-state index in [1.54, 1.807) is 24.3 Å². The number of nitrogens with one attached hydrogen (secondary N) is 2. The van der Waals surface area contributed by atoms with Crippen LogP contribution in [-0.4, -0.2) is 22.1 Å². The quantitative estimate of drug-likeness (QED) is 0.436. The maximum atomic E-state index is 12.1. The molecular weight excluding hydrogens is 495 g/mol. The van der Waals surface area contributed by atoms with Gasteiger partial charge in [-0.15, -0.1) is 0 Å². The van der Waals surface area contributed by atoms with E-state index < -0.39 is 5.97 Å². The first kappa shape index (κ1) is 17.8. The Kier molecular flexibility index (Phi) is 6.08. The molecule has 0 unspecified atom stereocenters. The van der Waals surface area contributed by atoms with Gasteiger partial charge >= 0.3 is 5.97 Å². The summed E-state index contributed by atoms with van der Waals surface area (Å²) in [7, 11) is 0. The number of carbonyl (C=O) groups excluding carboxylic acids is 1. The van der Waals surface area contributed by atoms with E-state index in [9.17, 15) is 14.7 Å². The van der Waals surface area contributed by atoms with Gasteiger partial charge in [-0.2, -0.15) is 0 Å². The summed E-state index contributed by atoms with van der Waals surface area (Å²) in [6, 6.07) is 11.7. The van der Waals surface area contributed by atoms with Crippen LogP contribution < -0.4 is 10.6 Å². The fourth-order valence-electron chi connectivity index (χ4n) is 1.73. The van der Waals surface area contributed by atoms with E-state index in [1.165, 1.54) is 6.07 Å². The number of carbonyl (C=O) groups is 2. The molecule has 5 nitrogen and oxygen atoms in total. The first-order valence-corrected chi connectivity index (χ1v) is 8.55. The standard InChI is InChI=1S/C15H10BrIN2O3S/c16-9-3-6-12(11(7-9)14(21)22)18-15(23)19-13(20)8-1-4-10(17)5-2-8/h1-7H,(H,21,22)(H2,18,19,20,23). The van der Waals surface area contributed by atoms with E-state index in [2.05, 4.69) is 49.2 Å². The molecule has 23 heavy (non-hydrogen) atoms. The molecule has 0 heterocycles. The fourth-order valence-corrected chi connectivity index (χ4v) is 2.66. The number of rotatable bonds is 3. The molecule has 2 aromatic carbocycles. The Morgan fingerprint density at radius 2 is 1.78 bits per heavy atom. The predicted octanol–water partition coefficient (Wildman–Crippen LogP) is 3.88. The van der Waals surface area contributed by atoms with Gasteiger partial charge in [-0.3, -0.25) is 10.1 Å². The van der Waals surface area contributed by atoms with Gasteiger partial charge in [-0.25, -0.2) is 4.79 Å². The predicted molar refractivity (Wildman–Crippen MR) is 104 cm³/mol. The van der Waals surface area contributed by atoms with Crippen LogP contribution in [0.4, 0.5) is 5.69 Å². The molecular formula is C15H10BrIN2O3S. The minimum absolute atomic E-state index is 0.0263. The van der Waals surface area contributed by atoms with Crippen LogP contribution in [0.1, 0.15) is 20.7 Å². The van der Waals surface area contributed by atoms with Crippen molar-refractivity contribution < 1.29 is 14.7 Å². The zero-order valence-corrected chi connectivity index (χ0v) is 16.0. The minimum Gasteiger partial charge on any atom is -0.478 e. The molecule has 0 spiro atoms. The molecule has 0 radical (unpaired) electrons. The Balaban J connectivity index is 2.09. The summed E-state index contributed by atoms with van der Waals surface area (Å²) in [6.45, 7) is 0. The van der Waals surface area contributed by atoms with Crippen molar-refractivity contribution in [2.45, 2.75) is 0 Å². The third kappa shape index (κ3) is 4.98. The molecule has 1 amide bonds. The van der Waals surface area contributed by atoms with Gasteiger partial charge in [0.25, 0.3) is 5.91 Å². The summed E-state index contributed by atoms with van der Waals surface area (Å²) in [6.07, 6.45) is 0. The number of aromatic carboxylic acids is 1. The smallest absolute Gasteiger partial charge is 0.337 e. The molecule has 2 rings (SSSR count). The lowest BCUT2D eigenvalue weighted by atomic mass is 10.2. The number of anilines is 1. The van der Waals surface area contributed by atoms with Gasteiger partial charge in [-0.1, -0.05) is 15.9 Å². The fraction of sp³-hybridized carbons (Fsp3) is 0. The van der Waals surface area contributed by atoms with Crippen LogP contribution in [0.2, 0.25) is 0 Å². The van der Waals surface area contributed by atoms with E-state index in [-0.39, 0.29) is 16.6 Å². The first-order chi connectivity index (χ1) is 10.9. The Hall–Kier alpha value is -1.52. The van der Waals surface area contributed by atoms with E-state index in [4.69, 9.17) is 12.2 Å². The van der Waals surface area contributed by atoms with Crippen molar-refractivity contribution in [3.05, 3.63) is 61.6 Å². The molecule has 0 atom stereocenters. The summed E-state index contributed by atoms with van der Waals surface area (Å²) >= 11 is 10.4. The van der Waals surface area contributed by atoms with Crippen molar-refractivity contribution in [2.24, 2.45) is 0 Å². The van der Waals surface area contributed by atoms with Gasteiger partial charge in [0, 0.05) is 13.6 Å². The van der Waals surface area contributed by atoms with Gasteiger partial charge in [-0.05, 0) is 77.3 Å². The van der Waals surface area contributed by atoms with Crippen molar-refractivity contribution in [3.63, 3.8) is 0 Å². The highest BCUT2D eigenvalue weighted by molar-refractivity contribution is 14.1. The summed E-state index contributed by atoms with van der Waals surface area (Å²) in [4.78, 5) is 23.3. The normalized spacial score (nSPS) is 10.0. The van der Waals surface area contributed by atoms with Gasteiger partial charge in [0.2, 0.25) is 0 Å². The molecule has 118 valence electrons. The monoisotopic (exact) mass is 504 g/mol. The zero-order chi connectivity index (χ0) is 17.0. The number of carboxylic acids is 1. The van der Waals surface area contributed by atoms with Crippen LogP contribution in [0.15, 0.2) is 46.9 Å². The molecule has 3 N–H and O–H groups in total. The van der Waals surface area contributed by atoms with E-state index >= 15 is 0 Å². The molecule has 0 fully saturated rings. The lowest BCUT2D eigenvalue weighted by Gasteiger charge is -2.12. The Morgan fingerprint density at radius 1 is 1.13 bits per heavy atom. The van der Waals surface area contributed by atoms with Gasteiger partial charge in [0.1, 0.15) is 0 Å². The largest absolute Gasteiger partial charge is 0.478 e. The number of benzene rings is 2. The molecule has 0 saturated heterocycles. The van der Waals surface area contributed by atoms with Crippen molar-refractivity contribution in [2.75, 3.05) is 5.32 Å². The van der Waals surface area contributed by atoms with Crippen LogP contribution in [0.5, 0.6) is 0 Å². The summed E-state index contributed by atoms with van der Waals surface area (Å²) in [5, 5.41) is 14.5. The summed E-state index contributed by atoms with van der Waals surface area (Å²) in [5.41, 5.74) is 0.808. The lowest BCUT2D eigenvalue weighted by Crippen LogP contribution is -2.34. The van der Waals surface area contributed by atoms with Gasteiger partial charge in [0.05, 0.1) is 11.3 Å². The summed E-state index contributed by atoms with van der Waals surface area (Å²) < 4.78 is 1.65. The van der Waals surface area contributed by atoms with E-state index in [0.29, 0.717) is 15.7 Å². The molecule has 0 aliphatic rings. The molecule has 0 saturated carbocycles. The highest BCUT2D eigenvalue weighted by Crippen LogP contribution is 2.21. The average Bonchev–Trinajstić information content (AvgIpc) is 2.49. The Bertz CT molecular complexity index is 781. The molecule has 8 heteroatoms. The zero-order valence-electron chi connectivity index (χ0n) is 11.5. The van der Waals surface area contributed by atoms with Crippen LogP contribution >= 0.6 is 50.7 Å². The maximum absolute atomic E-state index is 12.1. The number of thiocarbonyl (C=S) groups is 1. The van der Waals surface area contributed by atoms with Crippen molar-refractivity contribution in [1.82, 2.24) is 5.32 Å². The third-order valence-electron chi connectivity index (χ3n) is 2.79. The van der Waals surface area contributed by atoms with Crippen LogP contribution in [0.3, 0.4) is 0 Å². The van der Waals surface area contributed by atoms with E-state index in [1.807, 2.05) is 12.1 Å². The summed E-state index contributed by atoms with van der Waals surface area (Å²) in [5.74, 6) is -1.46. The SMILES string of the molecule is O=C(NC(=S)Nc1ccc(Br)cc1C(=O)O)c1ccc(I)cc1. The third-order valence-corrected chi connectivity index (χ3v) is 4.21. The van der Waals surface area contributed by atoms with Gasteiger partial charge < -0.3 is 10.4 Å². The molecule has 2 aromatic rings. The number of halogens is 2. The van der Waals surface area contributed by atoms with Crippen LogP contribution in [0.25, 0.3) is 0 Å². The number of hydrogen-bond donors (Lipinski definition) is 3. The van der Waals surface area contributed by atoms with Crippen LogP contribution in [0, 0.1) is 3.57 Å². The highest BCUT2D eigenvalue weighted by Gasteiger charge is 2.13. The van der Waals surface area contributed by atoms with E-state index in [0.717, 1.165) is 3.57 Å². The van der Waals surface area contributed by atoms with Crippen molar-refractivity contribution in [3.8, 4) is 0 Å². The minimum atomic E-state index is -1.10. The Labute approximate surface area is 159 Å². The molecule has 0 aliphatic carbocycles. The first-order valence-electron chi connectivity index (χ1n) is 6.27. The highest BCUT2D eigenvalue weighted by atomic mass is 127. The second-order valence-corrected chi connectivity index (χ2v) is 6.98. The molecule has 0 bridgehead atoms. The average molecular weight is 505 g/mol. The second kappa shape index (κ2) is 7.84. The van der Waals surface area contributed by atoms with Gasteiger partial charge in [0.15, 0.2) is 5.11 Å². The van der Waals surface area contributed by atoms with Crippen molar-refractivity contribution in [1.29, 1.82) is 0 Å². The lowest BCUT2D eigenvalue weighted by molar-refractivity contribution is 0.0697. The molecule has 0 aromatic heterocycles. The second-order valence-electron chi connectivity index (χ2n) is 4.41. The number of hydrogen-bond acceptors (Lipinski definition) is 3. The maximum Gasteiger partial charge on any atom is 0.337 e. The topological polar surface area (TPSA) is 78.4 Å². The number of carboxylic acid groups (broad SMARTS) is 1. The van der Waals surface area contributed by atoms with Crippen molar-refractivity contribution >= 4 is 73.4 Å². The van der Waals surface area contributed by atoms with Crippen LogP contribution in [-0.2, 0) is 0 Å². The molecule has 0 aliphatic heterocycles. The number of amides is 1. The Morgan fingerprint density at radius 3 is 2.39 bits per heavy atom.